The van der Waals surface area contributed by atoms with Crippen molar-refractivity contribution in [3.8, 4) is 0 Å². The molecule has 1 heterocycles. The first kappa shape index (κ1) is 19.2. The zero-order valence-corrected chi connectivity index (χ0v) is 16.0. The Kier molecular flexibility index (Phi) is 6.68. The van der Waals surface area contributed by atoms with Gasteiger partial charge in [-0.05, 0) is 54.3 Å². The van der Waals surface area contributed by atoms with Crippen LogP contribution in [0.4, 0.5) is 5.69 Å². The summed E-state index contributed by atoms with van der Waals surface area (Å²) in [5.74, 6) is -0.221. The first-order valence-corrected chi connectivity index (χ1v) is 9.98. The van der Waals surface area contributed by atoms with Crippen molar-refractivity contribution in [3.63, 3.8) is 0 Å². The van der Waals surface area contributed by atoms with Gasteiger partial charge in [0.25, 0.3) is 5.91 Å². The minimum Gasteiger partial charge on any atom is -0.378 e. The highest BCUT2D eigenvalue weighted by Gasteiger charge is 2.18. The molecule has 1 fully saturated rings. The van der Waals surface area contributed by atoms with Gasteiger partial charge in [-0.15, -0.1) is 11.8 Å². The molecule has 0 saturated carbocycles. The van der Waals surface area contributed by atoms with Crippen LogP contribution in [-0.4, -0.2) is 49.3 Å². The van der Waals surface area contributed by atoms with Crippen molar-refractivity contribution in [2.75, 3.05) is 37.9 Å². The summed E-state index contributed by atoms with van der Waals surface area (Å²) in [6.07, 6.45) is 5.30. The van der Waals surface area contributed by atoms with Crippen molar-refractivity contribution in [2.45, 2.75) is 4.90 Å². The minimum absolute atomic E-state index is 0.00948. The molecule has 5 nitrogen and oxygen atoms in total. The molecule has 1 N–H and O–H groups in total. The lowest BCUT2D eigenvalue weighted by molar-refractivity contribution is -0.111. The fourth-order valence-corrected chi connectivity index (χ4v) is 3.12. The van der Waals surface area contributed by atoms with E-state index in [9.17, 15) is 9.59 Å². The normalized spacial score (nSPS) is 14.3. The van der Waals surface area contributed by atoms with E-state index >= 15 is 0 Å². The number of carbonyl (C=O) groups is 2. The molecule has 1 saturated heterocycles. The molecular weight excluding hydrogens is 360 g/mol. The first-order valence-electron chi connectivity index (χ1n) is 8.76. The highest BCUT2D eigenvalue weighted by atomic mass is 32.2. The fraction of sp³-hybridized carbons (Fsp3) is 0.238. The molecule has 0 radical (unpaired) electrons. The van der Waals surface area contributed by atoms with Crippen LogP contribution in [0.3, 0.4) is 0 Å². The summed E-state index contributed by atoms with van der Waals surface area (Å²) in [5.41, 5.74) is 2.23. The summed E-state index contributed by atoms with van der Waals surface area (Å²) in [7, 11) is 0. The minimum atomic E-state index is -0.212. The van der Waals surface area contributed by atoms with Crippen LogP contribution in [0, 0.1) is 0 Å². The summed E-state index contributed by atoms with van der Waals surface area (Å²) >= 11 is 1.68. The van der Waals surface area contributed by atoms with Crippen molar-refractivity contribution in [3.05, 3.63) is 65.7 Å². The van der Waals surface area contributed by atoms with Gasteiger partial charge in [0.15, 0.2) is 0 Å². The standard InChI is InChI=1S/C21H22N2O3S/c1-27-19-9-2-16(3-10-19)4-11-20(24)22-18-7-5-17(6-8-18)21(25)23-12-14-26-15-13-23/h2-11H,12-15H2,1H3,(H,22,24)/b11-4+. The van der Waals surface area contributed by atoms with Gasteiger partial charge in [-0.25, -0.2) is 0 Å². The highest BCUT2D eigenvalue weighted by molar-refractivity contribution is 7.98. The van der Waals surface area contributed by atoms with Gasteiger partial charge in [-0.3, -0.25) is 9.59 Å². The molecule has 0 bridgehead atoms. The predicted molar refractivity (Wildman–Crippen MR) is 109 cm³/mol. The number of benzene rings is 2. The molecule has 2 aromatic carbocycles. The van der Waals surface area contributed by atoms with E-state index in [2.05, 4.69) is 5.32 Å². The molecule has 2 aromatic rings. The van der Waals surface area contributed by atoms with Gasteiger partial charge in [-0.1, -0.05) is 12.1 Å². The average molecular weight is 382 g/mol. The second-order valence-corrected chi connectivity index (χ2v) is 6.96. The molecule has 1 aliphatic rings. The maximum atomic E-state index is 12.4. The number of hydrogen-bond donors (Lipinski definition) is 1. The van der Waals surface area contributed by atoms with E-state index in [1.54, 1.807) is 47.0 Å². The average Bonchev–Trinajstić information content (AvgIpc) is 2.73. The molecule has 1 aliphatic heterocycles. The summed E-state index contributed by atoms with van der Waals surface area (Å²) in [6.45, 7) is 2.37. The van der Waals surface area contributed by atoms with Crippen LogP contribution in [0.5, 0.6) is 0 Å². The largest absolute Gasteiger partial charge is 0.378 e. The molecule has 0 atom stereocenters. The smallest absolute Gasteiger partial charge is 0.254 e. The van der Waals surface area contributed by atoms with Crippen LogP contribution in [0.2, 0.25) is 0 Å². The summed E-state index contributed by atoms with van der Waals surface area (Å²) < 4.78 is 5.27. The van der Waals surface area contributed by atoms with Crippen LogP contribution in [0.25, 0.3) is 6.08 Å². The Balaban J connectivity index is 1.56. The predicted octanol–water partition coefficient (Wildman–Crippen LogP) is 3.53. The van der Waals surface area contributed by atoms with E-state index in [-0.39, 0.29) is 11.8 Å². The molecule has 27 heavy (non-hydrogen) atoms. The lowest BCUT2D eigenvalue weighted by Crippen LogP contribution is -2.40. The molecule has 2 amide bonds. The van der Waals surface area contributed by atoms with E-state index in [0.29, 0.717) is 37.6 Å². The molecule has 0 unspecified atom stereocenters. The quantitative estimate of drug-likeness (QED) is 0.635. The van der Waals surface area contributed by atoms with Gasteiger partial charge >= 0.3 is 0 Å². The molecule has 0 spiro atoms. The number of carbonyl (C=O) groups excluding carboxylic acids is 2. The number of anilines is 1. The van der Waals surface area contributed by atoms with Crippen LogP contribution in [0.1, 0.15) is 15.9 Å². The summed E-state index contributed by atoms with van der Waals surface area (Å²) in [4.78, 5) is 27.5. The maximum absolute atomic E-state index is 12.4. The maximum Gasteiger partial charge on any atom is 0.254 e. The second-order valence-electron chi connectivity index (χ2n) is 6.08. The summed E-state index contributed by atoms with van der Waals surface area (Å²) in [6, 6.07) is 14.9. The molecule has 0 aliphatic carbocycles. The Bertz CT molecular complexity index is 810. The van der Waals surface area contributed by atoms with Gasteiger partial charge in [0.05, 0.1) is 13.2 Å². The fourth-order valence-electron chi connectivity index (χ4n) is 2.72. The molecule has 0 aromatic heterocycles. The Morgan fingerprint density at radius 3 is 2.33 bits per heavy atom. The Morgan fingerprint density at radius 1 is 1.04 bits per heavy atom. The number of thioether (sulfide) groups is 1. The molecule has 6 heteroatoms. The van der Waals surface area contributed by atoms with E-state index in [0.717, 1.165) is 5.56 Å². The number of hydrogen-bond acceptors (Lipinski definition) is 4. The Hall–Kier alpha value is -2.57. The second kappa shape index (κ2) is 9.39. The third-order valence-corrected chi connectivity index (χ3v) is 4.98. The monoisotopic (exact) mass is 382 g/mol. The van der Waals surface area contributed by atoms with Crippen molar-refractivity contribution in [1.29, 1.82) is 0 Å². The summed E-state index contributed by atoms with van der Waals surface area (Å²) in [5, 5.41) is 2.81. The van der Waals surface area contributed by atoms with Crippen LogP contribution < -0.4 is 5.32 Å². The molecule has 140 valence electrons. The van der Waals surface area contributed by atoms with E-state index in [1.165, 1.54) is 11.0 Å². The zero-order valence-electron chi connectivity index (χ0n) is 15.2. The van der Waals surface area contributed by atoms with Crippen molar-refractivity contribution < 1.29 is 14.3 Å². The van der Waals surface area contributed by atoms with Gasteiger partial charge in [0.2, 0.25) is 5.91 Å². The van der Waals surface area contributed by atoms with E-state index in [1.807, 2.05) is 30.5 Å². The van der Waals surface area contributed by atoms with E-state index in [4.69, 9.17) is 4.74 Å². The van der Waals surface area contributed by atoms with Gasteiger partial charge in [0.1, 0.15) is 0 Å². The third-order valence-electron chi connectivity index (χ3n) is 4.24. The number of nitrogens with one attached hydrogen (secondary N) is 1. The number of ether oxygens (including phenoxy) is 1. The van der Waals surface area contributed by atoms with Crippen LogP contribution in [-0.2, 0) is 9.53 Å². The van der Waals surface area contributed by atoms with Crippen LogP contribution >= 0.6 is 11.8 Å². The van der Waals surface area contributed by atoms with Crippen LogP contribution in [0.15, 0.2) is 59.5 Å². The number of amides is 2. The van der Waals surface area contributed by atoms with Gasteiger partial charge in [0, 0.05) is 35.3 Å². The molecular formula is C21H22N2O3S. The number of morpholine rings is 1. The SMILES string of the molecule is CSc1ccc(/C=C/C(=O)Nc2ccc(C(=O)N3CCOCC3)cc2)cc1. The Morgan fingerprint density at radius 2 is 1.70 bits per heavy atom. The van der Waals surface area contributed by atoms with Gasteiger partial charge in [-0.2, -0.15) is 0 Å². The first-order chi connectivity index (χ1) is 13.2. The lowest BCUT2D eigenvalue weighted by Gasteiger charge is -2.26. The number of nitrogens with zero attached hydrogens (tertiary/aromatic N) is 1. The Labute approximate surface area is 163 Å². The lowest BCUT2D eigenvalue weighted by atomic mass is 10.1. The zero-order chi connectivity index (χ0) is 19.1. The van der Waals surface area contributed by atoms with Crippen molar-refractivity contribution in [2.24, 2.45) is 0 Å². The van der Waals surface area contributed by atoms with Crippen molar-refractivity contribution in [1.82, 2.24) is 4.90 Å². The topological polar surface area (TPSA) is 58.6 Å². The highest BCUT2D eigenvalue weighted by Crippen LogP contribution is 2.16. The number of rotatable bonds is 5. The van der Waals surface area contributed by atoms with Crippen molar-refractivity contribution >= 4 is 35.3 Å². The third kappa shape index (κ3) is 5.45. The van der Waals surface area contributed by atoms with Gasteiger partial charge < -0.3 is 15.0 Å². The van der Waals surface area contributed by atoms with E-state index < -0.39 is 0 Å². The molecule has 3 rings (SSSR count).